The first-order valence-corrected chi connectivity index (χ1v) is 9.54. The van der Waals surface area contributed by atoms with Gasteiger partial charge < -0.3 is 16.4 Å². The van der Waals surface area contributed by atoms with Gasteiger partial charge in [-0.2, -0.15) is 0 Å². The van der Waals surface area contributed by atoms with E-state index in [0.717, 1.165) is 11.3 Å². The molecule has 0 spiro atoms. The van der Waals surface area contributed by atoms with Gasteiger partial charge in [0.15, 0.2) is 0 Å². The zero-order valence-electron chi connectivity index (χ0n) is 15.3. The lowest BCUT2D eigenvalue weighted by atomic mass is 10.2. The summed E-state index contributed by atoms with van der Waals surface area (Å²) in [7, 11) is 0. The number of carbonyl (C=O) groups is 3. The fourth-order valence-electron chi connectivity index (χ4n) is 2.32. The lowest BCUT2D eigenvalue weighted by Crippen LogP contribution is -2.22. The first-order chi connectivity index (χ1) is 12.9. The summed E-state index contributed by atoms with van der Waals surface area (Å²) in [6, 6.07) is 13.8. The topological polar surface area (TPSA) is 101 Å². The van der Waals surface area contributed by atoms with E-state index >= 15 is 0 Å². The molecular formula is C20H23N3O3S. The van der Waals surface area contributed by atoms with Crippen LogP contribution in [0, 0.1) is 0 Å². The van der Waals surface area contributed by atoms with Gasteiger partial charge >= 0.3 is 0 Å². The third-order valence-electron chi connectivity index (χ3n) is 3.71. The van der Waals surface area contributed by atoms with Gasteiger partial charge in [0.25, 0.3) is 0 Å². The van der Waals surface area contributed by atoms with Crippen LogP contribution in [0.4, 0.5) is 11.4 Å². The van der Waals surface area contributed by atoms with Crippen LogP contribution in [-0.4, -0.2) is 23.0 Å². The molecule has 0 heterocycles. The van der Waals surface area contributed by atoms with Crippen molar-refractivity contribution in [2.75, 3.05) is 10.6 Å². The van der Waals surface area contributed by atoms with E-state index in [2.05, 4.69) is 10.6 Å². The maximum absolute atomic E-state index is 12.4. The van der Waals surface area contributed by atoms with Crippen LogP contribution in [0.1, 0.15) is 37.0 Å². The molecule has 2 rings (SSSR count). The Morgan fingerprint density at radius 1 is 1.04 bits per heavy atom. The lowest BCUT2D eigenvalue weighted by Gasteiger charge is -2.13. The Labute approximate surface area is 162 Å². The Balaban J connectivity index is 1.95. The molecular weight excluding hydrogens is 362 g/mol. The number of nitrogens with one attached hydrogen (secondary N) is 2. The van der Waals surface area contributed by atoms with E-state index < -0.39 is 5.91 Å². The zero-order chi connectivity index (χ0) is 19.8. The van der Waals surface area contributed by atoms with Crippen molar-refractivity contribution in [3.63, 3.8) is 0 Å². The number of thioether (sulfide) groups is 1. The lowest BCUT2D eigenvalue weighted by molar-refractivity contribution is -0.116. The van der Waals surface area contributed by atoms with Crippen molar-refractivity contribution in [2.45, 2.75) is 36.8 Å². The van der Waals surface area contributed by atoms with Crippen molar-refractivity contribution >= 4 is 40.9 Å². The summed E-state index contributed by atoms with van der Waals surface area (Å²) in [5, 5.41) is 5.31. The number of nitrogens with two attached hydrogens (primary N) is 1. The van der Waals surface area contributed by atoms with Crippen LogP contribution in [0.3, 0.4) is 0 Å². The largest absolute Gasteiger partial charge is 0.366 e. The second-order valence-corrected chi connectivity index (χ2v) is 7.43. The fourth-order valence-corrected chi connectivity index (χ4v) is 3.24. The quantitative estimate of drug-likeness (QED) is 0.604. The van der Waals surface area contributed by atoms with E-state index in [4.69, 9.17) is 5.73 Å². The Hall–Kier alpha value is -2.80. The van der Waals surface area contributed by atoms with Gasteiger partial charge in [-0.05, 0) is 55.8 Å². The van der Waals surface area contributed by atoms with Gasteiger partial charge in [0, 0.05) is 28.3 Å². The average Bonchev–Trinajstić information content (AvgIpc) is 2.62. The normalized spacial score (nSPS) is 11.5. The molecule has 3 amide bonds. The van der Waals surface area contributed by atoms with Crippen LogP contribution >= 0.6 is 11.8 Å². The highest BCUT2D eigenvalue weighted by atomic mass is 32.2. The van der Waals surface area contributed by atoms with E-state index in [1.54, 1.807) is 31.2 Å². The minimum atomic E-state index is -0.511. The fraction of sp³-hybridized carbons (Fsp3) is 0.250. The molecule has 0 saturated heterocycles. The Morgan fingerprint density at radius 3 is 2.37 bits per heavy atom. The summed E-state index contributed by atoms with van der Waals surface area (Å²) < 4.78 is 0. The Kier molecular flexibility index (Phi) is 7.43. The van der Waals surface area contributed by atoms with Crippen molar-refractivity contribution in [3.8, 4) is 0 Å². The van der Waals surface area contributed by atoms with Crippen LogP contribution in [0.15, 0.2) is 53.4 Å². The summed E-state index contributed by atoms with van der Waals surface area (Å²) >= 11 is 1.40. The number of hydrogen-bond donors (Lipinski definition) is 3. The third-order valence-corrected chi connectivity index (χ3v) is 4.81. The molecule has 0 bridgehead atoms. The van der Waals surface area contributed by atoms with Crippen molar-refractivity contribution in [3.05, 3.63) is 54.1 Å². The number of hydrogen-bond acceptors (Lipinski definition) is 4. The van der Waals surface area contributed by atoms with E-state index in [9.17, 15) is 14.4 Å². The summed E-state index contributed by atoms with van der Waals surface area (Å²) in [6.45, 7) is 3.76. The van der Waals surface area contributed by atoms with E-state index in [1.807, 2.05) is 31.2 Å². The smallest absolute Gasteiger partial charge is 0.248 e. The van der Waals surface area contributed by atoms with Crippen molar-refractivity contribution in [1.82, 2.24) is 0 Å². The number of anilines is 2. The third kappa shape index (κ3) is 6.45. The molecule has 7 heteroatoms. The highest BCUT2D eigenvalue weighted by molar-refractivity contribution is 8.00. The summed E-state index contributed by atoms with van der Waals surface area (Å²) in [4.78, 5) is 36.1. The number of carbonyl (C=O) groups excluding carboxylic acids is 3. The summed E-state index contributed by atoms with van der Waals surface area (Å²) in [5.74, 6) is -0.695. The molecule has 0 radical (unpaired) electrons. The van der Waals surface area contributed by atoms with E-state index in [1.165, 1.54) is 11.8 Å². The molecule has 2 aromatic carbocycles. The Morgan fingerprint density at radius 2 is 1.74 bits per heavy atom. The van der Waals surface area contributed by atoms with Gasteiger partial charge in [0.05, 0.1) is 5.25 Å². The second-order valence-electron chi connectivity index (χ2n) is 6.02. The maximum Gasteiger partial charge on any atom is 0.248 e. The van der Waals surface area contributed by atoms with Gasteiger partial charge in [0.2, 0.25) is 17.7 Å². The van der Waals surface area contributed by atoms with Gasteiger partial charge in [-0.1, -0.05) is 13.0 Å². The predicted octanol–water partition coefficient (Wildman–Crippen LogP) is 3.64. The van der Waals surface area contributed by atoms with Crippen LogP contribution in [0.25, 0.3) is 0 Å². The van der Waals surface area contributed by atoms with Gasteiger partial charge in [-0.3, -0.25) is 14.4 Å². The first-order valence-electron chi connectivity index (χ1n) is 8.66. The summed E-state index contributed by atoms with van der Waals surface area (Å²) in [6.07, 6.45) is 1.27. The average molecular weight is 385 g/mol. The molecule has 2 aromatic rings. The first kappa shape index (κ1) is 20.5. The van der Waals surface area contributed by atoms with Gasteiger partial charge in [-0.25, -0.2) is 0 Å². The molecule has 27 heavy (non-hydrogen) atoms. The molecule has 1 atom stereocenters. The SMILES string of the molecule is CCCC(=O)Nc1cccc(SC(C)C(=O)Nc2ccc(C(N)=O)cc2)c1. The molecule has 4 N–H and O–H groups in total. The molecule has 1 unspecified atom stereocenters. The number of primary amides is 1. The van der Waals surface area contributed by atoms with Gasteiger partial charge in [-0.15, -0.1) is 11.8 Å². The van der Waals surface area contributed by atoms with Crippen LogP contribution in [0.2, 0.25) is 0 Å². The highest BCUT2D eigenvalue weighted by Gasteiger charge is 2.15. The predicted molar refractivity (Wildman–Crippen MR) is 109 cm³/mol. The van der Waals surface area contributed by atoms with Crippen molar-refractivity contribution < 1.29 is 14.4 Å². The second kappa shape index (κ2) is 9.78. The molecule has 0 aliphatic carbocycles. The van der Waals surface area contributed by atoms with Crippen LogP contribution in [-0.2, 0) is 9.59 Å². The van der Waals surface area contributed by atoms with Gasteiger partial charge in [0.1, 0.15) is 0 Å². The molecule has 0 aliphatic rings. The van der Waals surface area contributed by atoms with Crippen LogP contribution in [0.5, 0.6) is 0 Å². The molecule has 0 aliphatic heterocycles. The molecule has 6 nitrogen and oxygen atoms in total. The van der Waals surface area contributed by atoms with Crippen LogP contribution < -0.4 is 16.4 Å². The molecule has 0 saturated carbocycles. The number of rotatable bonds is 8. The highest BCUT2D eigenvalue weighted by Crippen LogP contribution is 2.26. The van der Waals surface area contributed by atoms with E-state index in [0.29, 0.717) is 23.4 Å². The minimum Gasteiger partial charge on any atom is -0.366 e. The molecule has 142 valence electrons. The van der Waals surface area contributed by atoms with E-state index in [-0.39, 0.29) is 17.1 Å². The van der Waals surface area contributed by atoms with Crippen molar-refractivity contribution in [2.24, 2.45) is 5.73 Å². The molecule has 0 aromatic heterocycles. The maximum atomic E-state index is 12.4. The zero-order valence-corrected chi connectivity index (χ0v) is 16.1. The summed E-state index contributed by atoms with van der Waals surface area (Å²) in [5.41, 5.74) is 6.90. The minimum absolute atomic E-state index is 0.0233. The number of amides is 3. The monoisotopic (exact) mass is 385 g/mol. The standard InChI is InChI=1S/C20H23N3O3S/c1-3-5-18(24)22-16-6-4-7-17(12-16)27-13(2)20(26)23-15-10-8-14(9-11-15)19(21)25/h4,6-13H,3,5H2,1-2H3,(H2,21,25)(H,22,24)(H,23,26). The number of benzene rings is 2. The molecule has 0 fully saturated rings. The Bertz CT molecular complexity index is 821. The van der Waals surface area contributed by atoms with Crippen molar-refractivity contribution in [1.29, 1.82) is 0 Å².